The van der Waals surface area contributed by atoms with Crippen LogP contribution in [0.1, 0.15) is 11.1 Å². The molecular formula is C21H22N2O6S3. The number of rotatable bonds is 7. The Hall–Kier alpha value is -2.60. The van der Waals surface area contributed by atoms with E-state index in [0.717, 1.165) is 11.1 Å². The number of thiophene rings is 1. The summed E-state index contributed by atoms with van der Waals surface area (Å²) in [4.78, 5) is -0.0565. The Labute approximate surface area is 191 Å². The second-order valence-corrected chi connectivity index (χ2v) is 11.9. The fraction of sp³-hybridized carbons (Fsp3) is 0.238. The van der Waals surface area contributed by atoms with Gasteiger partial charge in [0.15, 0.2) is 0 Å². The van der Waals surface area contributed by atoms with Gasteiger partial charge in [0.1, 0.15) is 20.6 Å². The van der Waals surface area contributed by atoms with Crippen LogP contribution in [0.2, 0.25) is 0 Å². The number of sulfonamides is 2. The van der Waals surface area contributed by atoms with Crippen LogP contribution in [-0.2, 0) is 33.0 Å². The van der Waals surface area contributed by atoms with Gasteiger partial charge >= 0.3 is 0 Å². The number of nitrogens with zero attached hydrogens (tertiary/aromatic N) is 1. The van der Waals surface area contributed by atoms with Crippen molar-refractivity contribution in [2.75, 3.05) is 25.5 Å². The van der Waals surface area contributed by atoms with E-state index in [1.54, 1.807) is 35.7 Å². The maximum absolute atomic E-state index is 13.0. The van der Waals surface area contributed by atoms with Crippen molar-refractivity contribution in [3.63, 3.8) is 0 Å². The van der Waals surface area contributed by atoms with Crippen molar-refractivity contribution in [2.24, 2.45) is 0 Å². The molecule has 1 aromatic heterocycles. The highest BCUT2D eigenvalue weighted by Crippen LogP contribution is 2.32. The number of nitrogens with one attached hydrogen (secondary N) is 1. The summed E-state index contributed by atoms with van der Waals surface area (Å²) in [6, 6.07) is 13.0. The molecule has 32 heavy (non-hydrogen) atoms. The molecule has 11 heteroatoms. The lowest BCUT2D eigenvalue weighted by atomic mass is 10.0. The van der Waals surface area contributed by atoms with Gasteiger partial charge in [-0.05, 0) is 53.3 Å². The number of hydrogen-bond donors (Lipinski definition) is 1. The average Bonchev–Trinajstić information content (AvgIpc) is 3.34. The fourth-order valence-corrected chi connectivity index (χ4v) is 7.34. The Kier molecular flexibility index (Phi) is 6.17. The van der Waals surface area contributed by atoms with Gasteiger partial charge in [0, 0.05) is 24.8 Å². The van der Waals surface area contributed by atoms with E-state index < -0.39 is 20.0 Å². The van der Waals surface area contributed by atoms with Gasteiger partial charge in [0.2, 0.25) is 0 Å². The molecule has 0 unspecified atom stereocenters. The van der Waals surface area contributed by atoms with Gasteiger partial charge in [-0.15, -0.1) is 11.3 Å². The summed E-state index contributed by atoms with van der Waals surface area (Å²) in [5.41, 5.74) is 2.09. The molecule has 0 atom stereocenters. The molecule has 2 heterocycles. The van der Waals surface area contributed by atoms with Crippen LogP contribution < -0.4 is 14.2 Å². The van der Waals surface area contributed by atoms with Gasteiger partial charge < -0.3 is 9.47 Å². The molecule has 0 spiro atoms. The summed E-state index contributed by atoms with van der Waals surface area (Å²) >= 11 is 1.18. The Balaban J connectivity index is 1.62. The zero-order valence-electron chi connectivity index (χ0n) is 17.4. The molecule has 1 aliphatic rings. The molecule has 0 aliphatic carbocycles. The maximum Gasteiger partial charge on any atom is 0.265 e. The molecule has 0 fully saturated rings. The normalized spacial score (nSPS) is 14.6. The first-order valence-electron chi connectivity index (χ1n) is 9.65. The standard InChI is InChI=1S/C21H22N2O6S3/c1-28-18-7-8-19(29-2)20(13-18)31(24,25)22-17-6-5-15-9-10-23(14-16(15)12-17)32(26,27)21-4-3-11-30-21/h3-8,11-13,22H,9-10,14H2,1-2H3. The first-order chi connectivity index (χ1) is 15.2. The molecule has 170 valence electrons. The van der Waals surface area contributed by atoms with Gasteiger partial charge in [0.25, 0.3) is 20.0 Å². The topological polar surface area (TPSA) is 102 Å². The summed E-state index contributed by atoms with van der Waals surface area (Å²) in [7, 11) is -4.72. The molecule has 2 aromatic carbocycles. The van der Waals surface area contributed by atoms with Crippen LogP contribution >= 0.6 is 11.3 Å². The number of anilines is 1. The predicted molar refractivity (Wildman–Crippen MR) is 122 cm³/mol. The minimum absolute atomic E-state index is 0.0565. The van der Waals surface area contributed by atoms with Crippen LogP contribution in [0.3, 0.4) is 0 Å². The van der Waals surface area contributed by atoms with Crippen LogP contribution in [0, 0.1) is 0 Å². The number of benzene rings is 2. The summed E-state index contributed by atoms with van der Waals surface area (Å²) in [5, 5.41) is 1.73. The van der Waals surface area contributed by atoms with Crippen molar-refractivity contribution in [1.29, 1.82) is 0 Å². The summed E-state index contributed by atoms with van der Waals surface area (Å²) < 4.78 is 66.5. The summed E-state index contributed by atoms with van der Waals surface area (Å²) in [5.74, 6) is 0.565. The molecule has 0 saturated carbocycles. The lowest BCUT2D eigenvalue weighted by molar-refractivity contribution is 0.392. The predicted octanol–water partition coefficient (Wildman–Crippen LogP) is 3.31. The Morgan fingerprint density at radius 1 is 0.969 bits per heavy atom. The maximum atomic E-state index is 13.0. The number of hydrogen-bond acceptors (Lipinski definition) is 7. The highest BCUT2D eigenvalue weighted by Gasteiger charge is 2.29. The minimum Gasteiger partial charge on any atom is -0.497 e. The molecule has 4 rings (SSSR count). The Bertz CT molecular complexity index is 1340. The fourth-order valence-electron chi connectivity index (χ4n) is 3.54. The van der Waals surface area contributed by atoms with Crippen molar-refractivity contribution in [3.8, 4) is 11.5 Å². The SMILES string of the molecule is COc1ccc(OC)c(S(=O)(=O)Nc2ccc3c(c2)CN(S(=O)(=O)c2cccs2)CC3)c1. The number of ether oxygens (including phenoxy) is 2. The van der Waals surface area contributed by atoms with E-state index in [2.05, 4.69) is 4.72 Å². The van der Waals surface area contributed by atoms with Crippen LogP contribution in [0.4, 0.5) is 5.69 Å². The monoisotopic (exact) mass is 494 g/mol. The van der Waals surface area contributed by atoms with Gasteiger partial charge in [-0.1, -0.05) is 12.1 Å². The zero-order valence-corrected chi connectivity index (χ0v) is 19.9. The first kappa shape index (κ1) is 22.6. The minimum atomic E-state index is -3.98. The number of methoxy groups -OCH3 is 2. The third-order valence-electron chi connectivity index (χ3n) is 5.19. The van der Waals surface area contributed by atoms with E-state index in [9.17, 15) is 16.8 Å². The van der Waals surface area contributed by atoms with Crippen molar-refractivity contribution < 1.29 is 26.3 Å². The lowest BCUT2D eigenvalue weighted by Gasteiger charge is -2.28. The summed E-state index contributed by atoms with van der Waals surface area (Å²) in [6.45, 7) is 0.549. The second-order valence-electron chi connectivity index (χ2n) is 7.13. The molecule has 1 N–H and O–H groups in total. The molecule has 0 bridgehead atoms. The average molecular weight is 495 g/mol. The van der Waals surface area contributed by atoms with Crippen LogP contribution in [0.25, 0.3) is 0 Å². The molecule has 8 nitrogen and oxygen atoms in total. The van der Waals surface area contributed by atoms with E-state index in [4.69, 9.17) is 9.47 Å². The number of fused-ring (bicyclic) bond motifs is 1. The first-order valence-corrected chi connectivity index (χ1v) is 13.5. The van der Waals surface area contributed by atoms with E-state index in [1.807, 2.05) is 6.07 Å². The van der Waals surface area contributed by atoms with Crippen molar-refractivity contribution in [3.05, 3.63) is 65.0 Å². The zero-order chi connectivity index (χ0) is 22.9. The molecular weight excluding hydrogens is 472 g/mol. The van der Waals surface area contributed by atoms with Gasteiger partial charge in [-0.2, -0.15) is 4.31 Å². The molecule has 3 aromatic rings. The van der Waals surface area contributed by atoms with Crippen LogP contribution in [0.5, 0.6) is 11.5 Å². The van der Waals surface area contributed by atoms with Crippen molar-refractivity contribution in [2.45, 2.75) is 22.1 Å². The smallest absolute Gasteiger partial charge is 0.265 e. The van der Waals surface area contributed by atoms with Crippen LogP contribution in [0.15, 0.2) is 63.0 Å². The second kappa shape index (κ2) is 8.74. The largest absolute Gasteiger partial charge is 0.497 e. The quantitative estimate of drug-likeness (QED) is 0.541. The van der Waals surface area contributed by atoms with Gasteiger partial charge in [0.05, 0.1) is 14.2 Å². The molecule has 1 aliphatic heterocycles. The highest BCUT2D eigenvalue weighted by molar-refractivity contribution is 7.92. The van der Waals surface area contributed by atoms with E-state index in [-0.39, 0.29) is 17.2 Å². The van der Waals surface area contributed by atoms with Crippen molar-refractivity contribution >= 4 is 37.1 Å². The van der Waals surface area contributed by atoms with Crippen LogP contribution in [-0.4, -0.2) is 41.9 Å². The third kappa shape index (κ3) is 4.33. The summed E-state index contributed by atoms with van der Waals surface area (Å²) in [6.07, 6.45) is 0.552. The van der Waals surface area contributed by atoms with Crippen molar-refractivity contribution in [1.82, 2.24) is 4.31 Å². The Morgan fingerprint density at radius 2 is 1.78 bits per heavy atom. The highest BCUT2D eigenvalue weighted by atomic mass is 32.2. The van der Waals surface area contributed by atoms with E-state index in [1.165, 1.54) is 42.0 Å². The lowest BCUT2D eigenvalue weighted by Crippen LogP contribution is -2.35. The Morgan fingerprint density at radius 3 is 2.47 bits per heavy atom. The third-order valence-corrected chi connectivity index (χ3v) is 9.81. The molecule has 0 radical (unpaired) electrons. The molecule has 0 saturated heterocycles. The van der Waals surface area contributed by atoms with E-state index >= 15 is 0 Å². The van der Waals surface area contributed by atoms with E-state index in [0.29, 0.717) is 28.6 Å². The van der Waals surface area contributed by atoms with Gasteiger partial charge in [-0.3, -0.25) is 4.72 Å². The van der Waals surface area contributed by atoms with Gasteiger partial charge in [-0.25, -0.2) is 16.8 Å². The molecule has 0 amide bonds.